The van der Waals surface area contributed by atoms with Gasteiger partial charge in [-0.1, -0.05) is 143 Å². The number of unbranched alkanes of at least 4 members (excludes halogenated alkanes) is 14. The summed E-state index contributed by atoms with van der Waals surface area (Å²) in [6.07, 6.45) is 21.5. The minimum Gasteiger partial charge on any atom is -0.387 e. The van der Waals surface area contributed by atoms with Crippen LogP contribution in [0, 0.1) is 11.8 Å². The van der Waals surface area contributed by atoms with E-state index in [9.17, 15) is 28.0 Å². The number of hydrogen-bond donors (Lipinski definition) is 4. The van der Waals surface area contributed by atoms with Gasteiger partial charge in [0.15, 0.2) is 0 Å². The number of amides is 1. The lowest BCUT2D eigenvalue weighted by Gasteiger charge is -2.22. The number of carbonyl (C=O) groups excluding carboxylic acids is 1. The molecule has 0 spiro atoms. The molecule has 0 aliphatic rings. The fraction of sp³-hybridized carbons (Fsp3) is 0.906. The quantitative estimate of drug-likeness (QED) is 0.0451. The van der Waals surface area contributed by atoms with Gasteiger partial charge in [-0.25, -0.2) is 0 Å². The average Bonchev–Trinajstić information content (AvgIpc) is 2.86. The first kappa shape index (κ1) is 39.0. The molecule has 0 aromatic rings. The van der Waals surface area contributed by atoms with Crippen LogP contribution in [0.5, 0.6) is 0 Å². The Morgan fingerprint density at radius 3 is 1.50 bits per heavy atom. The van der Waals surface area contributed by atoms with Crippen LogP contribution < -0.4 is 5.32 Å². The molecule has 40 heavy (non-hydrogen) atoms. The van der Waals surface area contributed by atoms with E-state index in [-0.39, 0.29) is 6.42 Å². The third-order valence-electron chi connectivity index (χ3n) is 7.43. The molecule has 2 unspecified atom stereocenters. The highest BCUT2D eigenvalue weighted by Gasteiger charge is 2.27. The Morgan fingerprint density at radius 2 is 1.07 bits per heavy atom. The lowest BCUT2D eigenvalue weighted by atomic mass is 10.0. The molecular formula is C32H63NO6S. The maximum atomic E-state index is 12.5. The number of allylic oxidation sites excluding steroid dienone is 1. The van der Waals surface area contributed by atoms with Crippen molar-refractivity contribution < 1.29 is 28.0 Å². The van der Waals surface area contributed by atoms with Crippen molar-refractivity contribution in [2.24, 2.45) is 11.8 Å². The Kier molecular flexibility index (Phi) is 24.0. The van der Waals surface area contributed by atoms with E-state index in [0.717, 1.165) is 50.4 Å². The summed E-state index contributed by atoms with van der Waals surface area (Å²) in [7, 11) is -4.43. The summed E-state index contributed by atoms with van der Waals surface area (Å²) in [5.74, 6) is 0.00622. The molecule has 1 amide bonds. The molecule has 0 rings (SSSR count). The number of aliphatic hydroxyl groups excluding tert-OH is 2. The topological polar surface area (TPSA) is 124 Å². The van der Waals surface area contributed by atoms with E-state index in [1.807, 2.05) is 0 Å². The van der Waals surface area contributed by atoms with Crippen LogP contribution in [0.1, 0.15) is 150 Å². The van der Waals surface area contributed by atoms with Crippen LogP contribution in [-0.4, -0.2) is 53.1 Å². The average molecular weight is 590 g/mol. The number of nitrogens with one attached hydrogen (secondary N) is 1. The second kappa shape index (κ2) is 24.6. The molecule has 0 aliphatic heterocycles. The van der Waals surface area contributed by atoms with Gasteiger partial charge in [0.25, 0.3) is 10.1 Å². The van der Waals surface area contributed by atoms with Crippen LogP contribution in [-0.2, 0) is 14.9 Å². The highest BCUT2D eigenvalue weighted by atomic mass is 32.2. The predicted octanol–water partition coefficient (Wildman–Crippen LogP) is 7.36. The SMILES string of the molecule is CC(C)CCCCCCCCC/C=C/C(O)C(CS(=O)(=O)O)NC(=O)[C@H](O)CCCCCCCCCCC(C)C. The van der Waals surface area contributed by atoms with Crippen molar-refractivity contribution in [1.82, 2.24) is 5.32 Å². The Hall–Kier alpha value is -0.960. The zero-order valence-electron chi connectivity index (χ0n) is 26.2. The molecule has 0 radical (unpaired) electrons. The fourth-order valence-corrected chi connectivity index (χ4v) is 5.62. The number of aliphatic hydroxyl groups is 2. The van der Waals surface area contributed by atoms with Crippen molar-refractivity contribution in [2.45, 2.75) is 168 Å². The minimum absolute atomic E-state index is 0.280. The number of hydrogen-bond acceptors (Lipinski definition) is 5. The monoisotopic (exact) mass is 589 g/mol. The molecule has 0 aliphatic carbocycles. The summed E-state index contributed by atoms with van der Waals surface area (Å²) in [6, 6.07) is -1.23. The molecule has 238 valence electrons. The van der Waals surface area contributed by atoms with E-state index in [1.54, 1.807) is 6.08 Å². The minimum atomic E-state index is -4.43. The second-order valence-corrected chi connectivity index (χ2v) is 14.0. The number of carbonyl (C=O) groups is 1. The Balaban J connectivity index is 4.24. The van der Waals surface area contributed by atoms with Crippen LogP contribution >= 0.6 is 0 Å². The van der Waals surface area contributed by atoms with E-state index >= 15 is 0 Å². The molecule has 0 saturated carbocycles. The molecule has 3 atom stereocenters. The van der Waals surface area contributed by atoms with Crippen LogP contribution in [0.3, 0.4) is 0 Å². The fourth-order valence-electron chi connectivity index (χ4n) is 4.88. The molecule has 0 aromatic carbocycles. The van der Waals surface area contributed by atoms with Crippen LogP contribution in [0.2, 0.25) is 0 Å². The van der Waals surface area contributed by atoms with Gasteiger partial charge in [-0.15, -0.1) is 0 Å². The Morgan fingerprint density at radius 1 is 0.675 bits per heavy atom. The molecule has 0 fully saturated rings. The van der Waals surface area contributed by atoms with E-state index in [2.05, 4.69) is 33.0 Å². The van der Waals surface area contributed by atoms with Gasteiger partial charge >= 0.3 is 0 Å². The summed E-state index contributed by atoms with van der Waals surface area (Å²) in [6.45, 7) is 9.02. The molecule has 0 aromatic heterocycles. The molecule has 7 nitrogen and oxygen atoms in total. The largest absolute Gasteiger partial charge is 0.387 e. The van der Waals surface area contributed by atoms with Gasteiger partial charge in [-0.3, -0.25) is 9.35 Å². The standard InChI is InChI=1S/C32H63NO6S/c1-27(2)22-18-14-10-6-5-7-12-16-20-24-30(34)29(26-40(37,38)39)33-32(36)31(35)25-21-17-13-9-8-11-15-19-23-28(3)4/h20,24,27-31,34-35H,5-19,21-23,25-26H2,1-4H3,(H,33,36)(H,37,38,39)/b24-20+/t29?,30?,31-/m1/s1. The molecular weight excluding hydrogens is 526 g/mol. The molecule has 0 heterocycles. The molecule has 0 bridgehead atoms. The van der Waals surface area contributed by atoms with Crippen molar-refractivity contribution in [2.75, 3.05) is 5.75 Å². The normalized spacial score (nSPS) is 14.7. The maximum absolute atomic E-state index is 12.5. The highest BCUT2D eigenvalue weighted by Crippen LogP contribution is 2.15. The summed E-state index contributed by atoms with van der Waals surface area (Å²) in [4.78, 5) is 12.5. The third kappa shape index (κ3) is 26.0. The molecule has 0 saturated heterocycles. The first-order chi connectivity index (χ1) is 18.9. The number of rotatable bonds is 27. The Bertz CT molecular complexity index is 738. The summed E-state index contributed by atoms with van der Waals surface area (Å²) < 4.78 is 32.2. The van der Waals surface area contributed by atoms with E-state index in [4.69, 9.17) is 0 Å². The highest BCUT2D eigenvalue weighted by molar-refractivity contribution is 7.85. The van der Waals surface area contributed by atoms with Crippen molar-refractivity contribution >= 4 is 16.0 Å². The van der Waals surface area contributed by atoms with Gasteiger partial charge in [0, 0.05) is 0 Å². The van der Waals surface area contributed by atoms with Gasteiger partial charge in [0.2, 0.25) is 5.91 Å². The van der Waals surface area contributed by atoms with Crippen molar-refractivity contribution in [3.63, 3.8) is 0 Å². The molecule has 4 N–H and O–H groups in total. The lowest BCUT2D eigenvalue weighted by molar-refractivity contribution is -0.130. The second-order valence-electron chi connectivity index (χ2n) is 12.5. The van der Waals surface area contributed by atoms with Gasteiger partial charge in [-0.2, -0.15) is 8.42 Å². The zero-order valence-corrected chi connectivity index (χ0v) is 27.0. The van der Waals surface area contributed by atoms with Gasteiger partial charge in [0.1, 0.15) is 6.10 Å². The van der Waals surface area contributed by atoms with Gasteiger partial charge in [0.05, 0.1) is 17.9 Å². The third-order valence-corrected chi connectivity index (χ3v) is 8.21. The van der Waals surface area contributed by atoms with Gasteiger partial charge in [-0.05, 0) is 31.1 Å². The predicted molar refractivity (Wildman–Crippen MR) is 167 cm³/mol. The first-order valence-electron chi connectivity index (χ1n) is 16.2. The molecule has 8 heteroatoms. The zero-order chi connectivity index (χ0) is 30.2. The van der Waals surface area contributed by atoms with E-state index in [1.165, 1.54) is 76.7 Å². The Labute approximate surface area is 246 Å². The maximum Gasteiger partial charge on any atom is 0.267 e. The first-order valence-corrected chi connectivity index (χ1v) is 17.8. The van der Waals surface area contributed by atoms with Crippen molar-refractivity contribution in [1.29, 1.82) is 0 Å². The lowest BCUT2D eigenvalue weighted by Crippen LogP contribution is -2.50. The van der Waals surface area contributed by atoms with Crippen molar-refractivity contribution in [3.05, 3.63) is 12.2 Å². The van der Waals surface area contributed by atoms with E-state index in [0.29, 0.717) is 6.42 Å². The van der Waals surface area contributed by atoms with Crippen LogP contribution in [0.25, 0.3) is 0 Å². The summed E-state index contributed by atoms with van der Waals surface area (Å²) in [5, 5.41) is 23.2. The van der Waals surface area contributed by atoms with Gasteiger partial charge < -0.3 is 15.5 Å². The smallest absolute Gasteiger partial charge is 0.267 e. The van der Waals surface area contributed by atoms with E-state index < -0.39 is 40.0 Å². The van der Waals surface area contributed by atoms with Crippen LogP contribution in [0.4, 0.5) is 0 Å². The summed E-state index contributed by atoms with van der Waals surface area (Å²) in [5.41, 5.74) is 0. The van der Waals surface area contributed by atoms with Crippen molar-refractivity contribution in [3.8, 4) is 0 Å². The van der Waals surface area contributed by atoms with Crippen LogP contribution in [0.15, 0.2) is 12.2 Å². The summed E-state index contributed by atoms with van der Waals surface area (Å²) >= 11 is 0.